The largest absolute Gasteiger partial charge is 0.434 e. The summed E-state index contributed by atoms with van der Waals surface area (Å²) in [4.78, 5) is 5.62. The number of rotatable bonds is 4. The number of hydrogen-bond acceptors (Lipinski definition) is 6. The van der Waals surface area contributed by atoms with Crippen LogP contribution in [0.5, 0.6) is 5.75 Å². The number of ether oxygens (including phenoxy) is 3. The van der Waals surface area contributed by atoms with E-state index in [0.29, 0.717) is 38.3 Å². The van der Waals surface area contributed by atoms with Crippen molar-refractivity contribution in [2.24, 2.45) is 5.16 Å². The van der Waals surface area contributed by atoms with Crippen molar-refractivity contribution in [2.75, 3.05) is 32.9 Å². The molecule has 0 saturated carbocycles. The predicted molar refractivity (Wildman–Crippen MR) is 85.0 cm³/mol. The van der Waals surface area contributed by atoms with Gasteiger partial charge in [-0.25, -0.2) is 0 Å². The Balaban J connectivity index is 1.60. The Morgan fingerprint density at radius 3 is 2.96 bits per heavy atom. The molecule has 0 amide bonds. The number of morpholine rings is 1. The van der Waals surface area contributed by atoms with E-state index in [4.69, 9.17) is 14.3 Å². The molecule has 1 aromatic carbocycles. The maximum Gasteiger partial charge on any atom is 0.387 e. The van der Waals surface area contributed by atoms with E-state index in [1.165, 1.54) is 0 Å². The maximum absolute atomic E-state index is 12.7. The summed E-state index contributed by atoms with van der Waals surface area (Å²) in [6.07, 6.45) is 1.11. The lowest BCUT2D eigenvalue weighted by Crippen LogP contribution is -2.33. The molecule has 4 rings (SSSR count). The number of nitrogens with zero attached hydrogens (tertiary/aromatic N) is 1. The third kappa shape index (κ3) is 3.47. The van der Waals surface area contributed by atoms with Crippen molar-refractivity contribution in [3.05, 3.63) is 29.3 Å². The molecule has 2 atom stereocenters. The Morgan fingerprint density at radius 2 is 2.24 bits per heavy atom. The van der Waals surface area contributed by atoms with Crippen LogP contribution in [0.1, 0.15) is 30.1 Å². The Morgan fingerprint density at radius 1 is 1.32 bits per heavy atom. The van der Waals surface area contributed by atoms with Crippen LogP contribution in [0.25, 0.3) is 0 Å². The third-order valence-corrected chi connectivity index (χ3v) is 4.74. The minimum atomic E-state index is -2.88. The highest BCUT2D eigenvalue weighted by atomic mass is 19.3. The molecular formula is C17H20F2N2O4. The second kappa shape index (κ2) is 6.86. The van der Waals surface area contributed by atoms with Gasteiger partial charge in [-0.3, -0.25) is 0 Å². The molecule has 2 saturated heterocycles. The lowest BCUT2D eigenvalue weighted by Gasteiger charge is -2.26. The zero-order valence-corrected chi connectivity index (χ0v) is 13.7. The highest BCUT2D eigenvalue weighted by molar-refractivity contribution is 6.02. The predicted octanol–water partition coefficient (Wildman–Crippen LogP) is 2.23. The minimum Gasteiger partial charge on any atom is -0.434 e. The molecular weight excluding hydrogens is 334 g/mol. The summed E-state index contributed by atoms with van der Waals surface area (Å²) in [7, 11) is 0. The van der Waals surface area contributed by atoms with Gasteiger partial charge in [-0.15, -0.1) is 0 Å². The summed E-state index contributed by atoms with van der Waals surface area (Å²) >= 11 is 0. The van der Waals surface area contributed by atoms with Crippen LogP contribution in [-0.2, 0) is 14.3 Å². The van der Waals surface area contributed by atoms with Crippen LogP contribution in [0.2, 0.25) is 0 Å². The Bertz CT molecular complexity index is 656. The monoisotopic (exact) mass is 354 g/mol. The lowest BCUT2D eigenvalue weighted by atomic mass is 9.92. The van der Waals surface area contributed by atoms with Gasteiger partial charge in [-0.05, 0) is 18.2 Å². The minimum absolute atomic E-state index is 0.130. The number of benzene rings is 1. The molecule has 25 heavy (non-hydrogen) atoms. The average molecular weight is 354 g/mol. The van der Waals surface area contributed by atoms with E-state index < -0.39 is 6.61 Å². The van der Waals surface area contributed by atoms with E-state index in [2.05, 4.69) is 15.2 Å². The van der Waals surface area contributed by atoms with Gasteiger partial charge in [0.15, 0.2) is 5.60 Å². The van der Waals surface area contributed by atoms with Crippen LogP contribution in [0.15, 0.2) is 23.4 Å². The van der Waals surface area contributed by atoms with Crippen molar-refractivity contribution < 1.29 is 27.8 Å². The standard InChI is InChI=1S/C17H20F2N2O4/c18-16(19)24-14-2-1-11(7-12(14)15-9-20-4-6-23-15)13-8-17(25-21-13)3-5-22-10-17/h1-2,7,15-16,20H,3-6,8-10H2. The van der Waals surface area contributed by atoms with E-state index >= 15 is 0 Å². The van der Waals surface area contributed by atoms with E-state index in [9.17, 15) is 8.78 Å². The lowest BCUT2D eigenvalue weighted by molar-refractivity contribution is -0.0533. The van der Waals surface area contributed by atoms with Gasteiger partial charge in [0.25, 0.3) is 0 Å². The van der Waals surface area contributed by atoms with Gasteiger partial charge in [0.1, 0.15) is 5.75 Å². The molecule has 1 N–H and O–H groups in total. The molecule has 1 spiro atoms. The molecule has 2 fully saturated rings. The molecule has 3 aliphatic rings. The normalized spacial score (nSPS) is 29.1. The number of halogens is 2. The molecule has 8 heteroatoms. The van der Waals surface area contributed by atoms with Crippen molar-refractivity contribution in [1.29, 1.82) is 0 Å². The average Bonchev–Trinajstić information content (AvgIpc) is 3.26. The van der Waals surface area contributed by atoms with E-state index in [0.717, 1.165) is 24.2 Å². The zero-order valence-electron chi connectivity index (χ0n) is 13.7. The van der Waals surface area contributed by atoms with Crippen LogP contribution < -0.4 is 10.1 Å². The number of nitrogens with one attached hydrogen (secondary N) is 1. The van der Waals surface area contributed by atoms with Gasteiger partial charge >= 0.3 is 6.61 Å². The second-order valence-corrected chi connectivity index (χ2v) is 6.49. The fourth-order valence-corrected chi connectivity index (χ4v) is 3.42. The SMILES string of the molecule is FC(F)Oc1ccc(C2=NOC3(CCOC3)C2)cc1C1CNCCO1. The van der Waals surface area contributed by atoms with E-state index in [1.807, 2.05) is 6.07 Å². The van der Waals surface area contributed by atoms with Crippen LogP contribution >= 0.6 is 0 Å². The first-order valence-corrected chi connectivity index (χ1v) is 8.39. The summed E-state index contributed by atoms with van der Waals surface area (Å²) in [5.41, 5.74) is 1.83. The first-order valence-electron chi connectivity index (χ1n) is 8.39. The highest BCUT2D eigenvalue weighted by Gasteiger charge is 2.43. The quantitative estimate of drug-likeness (QED) is 0.899. The van der Waals surface area contributed by atoms with Crippen molar-refractivity contribution >= 4 is 5.71 Å². The topological polar surface area (TPSA) is 61.3 Å². The smallest absolute Gasteiger partial charge is 0.387 e. The Kier molecular flexibility index (Phi) is 4.58. The summed E-state index contributed by atoms with van der Waals surface area (Å²) in [5, 5.41) is 7.41. The van der Waals surface area contributed by atoms with Crippen LogP contribution in [0.3, 0.4) is 0 Å². The third-order valence-electron chi connectivity index (χ3n) is 4.74. The molecule has 3 heterocycles. The zero-order chi connectivity index (χ0) is 17.3. The first kappa shape index (κ1) is 16.7. The van der Waals surface area contributed by atoms with Gasteiger partial charge < -0.3 is 24.4 Å². The summed E-state index contributed by atoms with van der Waals surface area (Å²) in [6.45, 7) is 0.111. The number of hydrogen-bond donors (Lipinski definition) is 1. The van der Waals surface area contributed by atoms with Crippen molar-refractivity contribution in [3.8, 4) is 5.75 Å². The molecule has 0 radical (unpaired) electrons. The van der Waals surface area contributed by atoms with Gasteiger partial charge in [-0.2, -0.15) is 8.78 Å². The molecule has 0 aliphatic carbocycles. The van der Waals surface area contributed by atoms with Crippen molar-refractivity contribution in [1.82, 2.24) is 5.32 Å². The van der Waals surface area contributed by atoms with E-state index in [-0.39, 0.29) is 17.5 Å². The van der Waals surface area contributed by atoms with Gasteiger partial charge in [-0.1, -0.05) is 5.16 Å². The van der Waals surface area contributed by atoms with Gasteiger partial charge in [0.2, 0.25) is 0 Å². The molecule has 0 bridgehead atoms. The Labute approximate surface area is 144 Å². The first-order chi connectivity index (χ1) is 12.2. The van der Waals surface area contributed by atoms with E-state index in [1.54, 1.807) is 12.1 Å². The number of oxime groups is 1. The fraction of sp³-hybridized carbons (Fsp3) is 0.588. The molecule has 6 nitrogen and oxygen atoms in total. The van der Waals surface area contributed by atoms with Gasteiger partial charge in [0.05, 0.1) is 31.6 Å². The number of alkyl halides is 2. The summed E-state index contributed by atoms with van der Waals surface area (Å²) in [5.74, 6) is 0.130. The summed E-state index contributed by atoms with van der Waals surface area (Å²) in [6, 6.07) is 5.09. The molecule has 136 valence electrons. The second-order valence-electron chi connectivity index (χ2n) is 6.49. The molecule has 2 unspecified atom stereocenters. The Hall–Kier alpha value is -1.77. The molecule has 3 aliphatic heterocycles. The highest BCUT2D eigenvalue weighted by Crippen LogP contribution is 2.36. The van der Waals surface area contributed by atoms with Gasteiger partial charge in [0, 0.05) is 37.1 Å². The van der Waals surface area contributed by atoms with Crippen LogP contribution in [0, 0.1) is 0 Å². The van der Waals surface area contributed by atoms with Crippen LogP contribution in [0.4, 0.5) is 8.78 Å². The fourth-order valence-electron chi connectivity index (χ4n) is 3.42. The molecule has 0 aromatic heterocycles. The van der Waals surface area contributed by atoms with Crippen molar-refractivity contribution in [2.45, 2.75) is 31.2 Å². The summed E-state index contributed by atoms with van der Waals surface area (Å²) < 4.78 is 41.3. The molecule has 1 aromatic rings. The van der Waals surface area contributed by atoms with Crippen molar-refractivity contribution in [3.63, 3.8) is 0 Å². The maximum atomic E-state index is 12.7. The van der Waals surface area contributed by atoms with Crippen LogP contribution in [-0.4, -0.2) is 50.8 Å².